The van der Waals surface area contributed by atoms with Crippen molar-refractivity contribution in [2.24, 2.45) is 5.92 Å². The van der Waals surface area contributed by atoms with E-state index in [1.54, 1.807) is 12.1 Å². The van der Waals surface area contributed by atoms with Crippen LogP contribution in [0.15, 0.2) is 22.8 Å². The highest BCUT2D eigenvalue weighted by molar-refractivity contribution is 5.94. The Morgan fingerprint density at radius 1 is 1.67 bits per heavy atom. The molecule has 3 heteroatoms. The number of carbonyl (C=O) groups excluding carboxylic acids is 1. The minimum Gasteiger partial charge on any atom is -0.461 e. The maximum Gasteiger partial charge on any atom is 0.211 e. The second-order valence-electron chi connectivity index (χ2n) is 4.39. The molecule has 0 saturated heterocycles. The van der Waals surface area contributed by atoms with Crippen LogP contribution >= 0.6 is 0 Å². The number of hydrogen-bond acceptors (Lipinski definition) is 3. The van der Waals surface area contributed by atoms with Crippen LogP contribution in [0, 0.1) is 5.92 Å². The predicted molar refractivity (Wildman–Crippen MR) is 57.9 cm³/mol. The van der Waals surface area contributed by atoms with Gasteiger partial charge in [-0.3, -0.25) is 9.69 Å². The zero-order valence-electron chi connectivity index (χ0n) is 9.27. The Morgan fingerprint density at radius 3 is 2.93 bits per heavy atom. The summed E-state index contributed by atoms with van der Waals surface area (Å²) in [6.07, 6.45) is 4.15. The van der Waals surface area contributed by atoms with Crippen molar-refractivity contribution in [2.45, 2.75) is 25.8 Å². The second kappa shape index (κ2) is 4.19. The van der Waals surface area contributed by atoms with E-state index in [2.05, 4.69) is 11.8 Å². The molecule has 3 nitrogen and oxygen atoms in total. The molecule has 0 aromatic carbocycles. The van der Waals surface area contributed by atoms with Crippen LogP contribution in [0.2, 0.25) is 0 Å². The highest BCUT2D eigenvalue weighted by Gasteiger charge is 2.31. The number of rotatable bonds is 5. The third-order valence-electron chi connectivity index (χ3n) is 3.19. The summed E-state index contributed by atoms with van der Waals surface area (Å²) >= 11 is 0. The molecule has 0 N–H and O–H groups in total. The molecule has 1 aliphatic carbocycles. The monoisotopic (exact) mass is 207 g/mol. The number of nitrogens with zero attached hydrogens (tertiary/aromatic N) is 1. The van der Waals surface area contributed by atoms with Crippen molar-refractivity contribution in [2.75, 3.05) is 13.6 Å². The Morgan fingerprint density at radius 2 is 2.40 bits per heavy atom. The Balaban J connectivity index is 1.88. The van der Waals surface area contributed by atoms with Crippen LogP contribution in [0.1, 0.15) is 30.3 Å². The Kier molecular flexibility index (Phi) is 2.91. The van der Waals surface area contributed by atoms with Crippen molar-refractivity contribution in [3.8, 4) is 0 Å². The standard InChI is InChI=1S/C12H17NO2/c1-9(10-5-6-10)13(2)8-11(14)12-4-3-7-15-12/h3-4,7,9-10H,5-6,8H2,1-2H3. The van der Waals surface area contributed by atoms with Gasteiger partial charge in [0.25, 0.3) is 0 Å². The van der Waals surface area contributed by atoms with E-state index in [-0.39, 0.29) is 5.78 Å². The lowest BCUT2D eigenvalue weighted by atomic mass is 10.2. The number of likely N-dealkylation sites (N-methyl/N-ethyl adjacent to an activating group) is 1. The van der Waals surface area contributed by atoms with Crippen molar-refractivity contribution in [3.05, 3.63) is 24.2 Å². The maximum absolute atomic E-state index is 11.7. The van der Waals surface area contributed by atoms with E-state index in [0.29, 0.717) is 18.3 Å². The van der Waals surface area contributed by atoms with Crippen LogP contribution < -0.4 is 0 Å². The van der Waals surface area contributed by atoms with Crippen LogP contribution in [0.3, 0.4) is 0 Å². The van der Waals surface area contributed by atoms with Crippen LogP contribution in [0.4, 0.5) is 0 Å². The van der Waals surface area contributed by atoms with Gasteiger partial charge in [-0.05, 0) is 44.9 Å². The molecule has 1 aromatic heterocycles. The van der Waals surface area contributed by atoms with E-state index in [9.17, 15) is 4.79 Å². The maximum atomic E-state index is 11.7. The normalized spacial score (nSPS) is 18.1. The second-order valence-corrected chi connectivity index (χ2v) is 4.39. The van der Waals surface area contributed by atoms with Gasteiger partial charge in [-0.15, -0.1) is 0 Å². The third kappa shape index (κ3) is 2.48. The molecule has 0 bridgehead atoms. The Labute approximate surface area is 90.1 Å². The van der Waals surface area contributed by atoms with Crippen molar-refractivity contribution in [3.63, 3.8) is 0 Å². The van der Waals surface area contributed by atoms with Crippen molar-refractivity contribution >= 4 is 5.78 Å². The van der Waals surface area contributed by atoms with E-state index < -0.39 is 0 Å². The van der Waals surface area contributed by atoms with E-state index in [0.717, 1.165) is 5.92 Å². The molecular formula is C12H17NO2. The summed E-state index contributed by atoms with van der Waals surface area (Å²) in [6, 6.07) is 3.97. The van der Waals surface area contributed by atoms with E-state index >= 15 is 0 Å². The van der Waals surface area contributed by atoms with Gasteiger partial charge in [-0.1, -0.05) is 0 Å². The minimum atomic E-state index is 0.0648. The minimum absolute atomic E-state index is 0.0648. The Bertz CT molecular complexity index is 327. The predicted octanol–water partition coefficient (Wildman–Crippen LogP) is 2.19. The first-order valence-corrected chi connectivity index (χ1v) is 5.45. The zero-order chi connectivity index (χ0) is 10.8. The smallest absolute Gasteiger partial charge is 0.211 e. The topological polar surface area (TPSA) is 33.5 Å². The summed E-state index contributed by atoms with van der Waals surface area (Å²) in [4.78, 5) is 13.8. The van der Waals surface area contributed by atoms with Gasteiger partial charge in [0.15, 0.2) is 5.76 Å². The summed E-state index contributed by atoms with van der Waals surface area (Å²) in [5.41, 5.74) is 0. The zero-order valence-corrected chi connectivity index (χ0v) is 9.27. The van der Waals surface area contributed by atoms with Gasteiger partial charge in [-0.2, -0.15) is 0 Å². The molecule has 0 radical (unpaired) electrons. The first-order chi connectivity index (χ1) is 7.18. The van der Waals surface area contributed by atoms with Gasteiger partial charge in [-0.25, -0.2) is 0 Å². The lowest BCUT2D eigenvalue weighted by molar-refractivity contribution is 0.0890. The lowest BCUT2D eigenvalue weighted by Crippen LogP contribution is -2.35. The van der Waals surface area contributed by atoms with E-state index in [1.165, 1.54) is 19.1 Å². The number of hydrogen-bond donors (Lipinski definition) is 0. The van der Waals surface area contributed by atoms with Gasteiger partial charge in [0.2, 0.25) is 5.78 Å². The molecule has 0 aliphatic heterocycles. The number of carbonyl (C=O) groups is 1. The summed E-state index contributed by atoms with van der Waals surface area (Å²) in [6.45, 7) is 2.64. The summed E-state index contributed by atoms with van der Waals surface area (Å²) in [7, 11) is 2.00. The fourth-order valence-corrected chi connectivity index (χ4v) is 1.82. The van der Waals surface area contributed by atoms with Gasteiger partial charge in [0, 0.05) is 6.04 Å². The molecule has 1 unspecified atom stereocenters. The fraction of sp³-hybridized carbons (Fsp3) is 0.583. The molecule has 1 fully saturated rings. The molecule has 0 amide bonds. The van der Waals surface area contributed by atoms with Crippen LogP contribution in [-0.4, -0.2) is 30.3 Å². The van der Waals surface area contributed by atoms with Crippen molar-refractivity contribution in [1.29, 1.82) is 0 Å². The molecule has 15 heavy (non-hydrogen) atoms. The van der Waals surface area contributed by atoms with Crippen molar-refractivity contribution < 1.29 is 9.21 Å². The quantitative estimate of drug-likeness (QED) is 0.694. The summed E-state index contributed by atoms with van der Waals surface area (Å²) in [5, 5.41) is 0. The van der Waals surface area contributed by atoms with E-state index in [1.807, 2.05) is 7.05 Å². The van der Waals surface area contributed by atoms with Gasteiger partial charge in [0.1, 0.15) is 0 Å². The lowest BCUT2D eigenvalue weighted by Gasteiger charge is -2.23. The average Bonchev–Trinajstić information content (AvgIpc) is 2.91. The molecule has 1 aromatic rings. The fourth-order valence-electron chi connectivity index (χ4n) is 1.82. The van der Waals surface area contributed by atoms with Gasteiger partial charge in [0.05, 0.1) is 12.8 Å². The number of Topliss-reactive ketones (excluding diaryl/α,β-unsaturated/α-hetero) is 1. The molecule has 1 aliphatic rings. The highest BCUT2D eigenvalue weighted by atomic mass is 16.3. The highest BCUT2D eigenvalue weighted by Crippen LogP contribution is 2.34. The van der Waals surface area contributed by atoms with Crippen LogP contribution in [-0.2, 0) is 0 Å². The largest absolute Gasteiger partial charge is 0.461 e. The van der Waals surface area contributed by atoms with Crippen LogP contribution in [0.25, 0.3) is 0 Å². The number of furan rings is 1. The summed E-state index contributed by atoms with van der Waals surface area (Å²) in [5.74, 6) is 1.32. The molecule has 0 spiro atoms. The molecular weight excluding hydrogens is 190 g/mol. The van der Waals surface area contributed by atoms with Gasteiger partial charge < -0.3 is 4.42 Å². The molecule has 1 heterocycles. The van der Waals surface area contributed by atoms with E-state index in [4.69, 9.17) is 4.42 Å². The third-order valence-corrected chi connectivity index (χ3v) is 3.19. The van der Waals surface area contributed by atoms with Crippen molar-refractivity contribution in [1.82, 2.24) is 4.90 Å². The number of ketones is 1. The molecule has 1 saturated carbocycles. The molecule has 1 atom stereocenters. The first-order valence-electron chi connectivity index (χ1n) is 5.45. The van der Waals surface area contributed by atoms with Crippen LogP contribution in [0.5, 0.6) is 0 Å². The van der Waals surface area contributed by atoms with Gasteiger partial charge >= 0.3 is 0 Å². The Hall–Kier alpha value is -1.09. The molecule has 82 valence electrons. The SMILES string of the molecule is CC(C1CC1)N(C)CC(=O)c1ccco1. The average molecular weight is 207 g/mol. The molecule has 2 rings (SSSR count). The first kappa shape index (κ1) is 10.4. The summed E-state index contributed by atoms with van der Waals surface area (Å²) < 4.78 is 5.08.